The summed E-state index contributed by atoms with van der Waals surface area (Å²) in [5.74, 6) is 0.350. The summed E-state index contributed by atoms with van der Waals surface area (Å²) >= 11 is 0. The zero-order chi connectivity index (χ0) is 15.1. The van der Waals surface area contributed by atoms with Crippen LogP contribution >= 0.6 is 0 Å². The fourth-order valence-electron chi connectivity index (χ4n) is 2.71. The minimum Gasteiger partial charge on any atom is -0.504 e. The summed E-state index contributed by atoms with van der Waals surface area (Å²) in [6.45, 7) is 0. The number of nitrogens with zero attached hydrogens (tertiary/aromatic N) is 1. The van der Waals surface area contributed by atoms with Crippen molar-refractivity contribution in [3.63, 3.8) is 0 Å². The molecule has 21 heavy (non-hydrogen) atoms. The molecule has 108 valence electrons. The molecule has 1 heterocycles. The van der Waals surface area contributed by atoms with Gasteiger partial charge in [0, 0.05) is 18.5 Å². The number of methoxy groups -OCH3 is 2. The van der Waals surface area contributed by atoms with Crippen LogP contribution in [0.15, 0.2) is 35.1 Å². The molecule has 5 nitrogen and oxygen atoms in total. The second-order valence-corrected chi connectivity index (χ2v) is 4.76. The molecule has 0 aliphatic heterocycles. The molecular formula is C16H15NO4. The molecule has 1 N–H and O–H groups in total. The molecular weight excluding hydrogens is 270 g/mol. The molecule has 0 spiro atoms. The van der Waals surface area contributed by atoms with E-state index in [-0.39, 0.29) is 22.7 Å². The van der Waals surface area contributed by atoms with Crippen molar-refractivity contribution in [2.45, 2.75) is 0 Å². The highest BCUT2D eigenvalue weighted by Crippen LogP contribution is 2.41. The second kappa shape index (κ2) is 4.70. The first-order valence-corrected chi connectivity index (χ1v) is 6.45. The summed E-state index contributed by atoms with van der Waals surface area (Å²) in [4.78, 5) is 12.8. The molecule has 5 heteroatoms. The first-order chi connectivity index (χ1) is 10.1. The van der Waals surface area contributed by atoms with Gasteiger partial charge in [-0.15, -0.1) is 0 Å². The second-order valence-electron chi connectivity index (χ2n) is 4.76. The number of aromatic hydroxyl groups is 1. The third-order valence-electron chi connectivity index (χ3n) is 3.70. The van der Waals surface area contributed by atoms with Crippen LogP contribution in [0, 0.1) is 0 Å². The minimum atomic E-state index is -0.145. The molecule has 0 aliphatic carbocycles. The largest absolute Gasteiger partial charge is 0.504 e. The number of phenols is 1. The molecule has 3 rings (SSSR count). The van der Waals surface area contributed by atoms with Gasteiger partial charge in [0.1, 0.15) is 0 Å². The van der Waals surface area contributed by atoms with Crippen LogP contribution in [0.3, 0.4) is 0 Å². The quantitative estimate of drug-likeness (QED) is 0.735. The summed E-state index contributed by atoms with van der Waals surface area (Å²) in [5, 5.41) is 11.1. The number of aromatic nitrogens is 1. The number of benzene rings is 2. The minimum absolute atomic E-state index is 0.0628. The Morgan fingerprint density at radius 2 is 1.71 bits per heavy atom. The number of phenolic OH excluding ortho intramolecular Hbond substituents is 1. The van der Waals surface area contributed by atoms with E-state index in [1.54, 1.807) is 6.07 Å². The lowest BCUT2D eigenvalue weighted by Gasteiger charge is -2.16. The number of ether oxygens (including phenoxy) is 2. The van der Waals surface area contributed by atoms with Gasteiger partial charge in [0.25, 0.3) is 0 Å². The number of para-hydroxylation sites is 1. The summed E-state index contributed by atoms with van der Waals surface area (Å²) in [5.41, 5.74) is 1.24. The lowest BCUT2D eigenvalue weighted by molar-refractivity contribution is 0.336. The van der Waals surface area contributed by atoms with Crippen molar-refractivity contribution in [1.29, 1.82) is 0 Å². The van der Waals surface area contributed by atoms with Gasteiger partial charge >= 0.3 is 0 Å². The van der Waals surface area contributed by atoms with Gasteiger partial charge in [0.15, 0.2) is 11.5 Å². The van der Waals surface area contributed by atoms with E-state index in [0.29, 0.717) is 16.3 Å². The average molecular weight is 285 g/mol. The highest BCUT2D eigenvalue weighted by atomic mass is 16.5. The Balaban J connectivity index is 2.67. The molecule has 0 radical (unpaired) electrons. The molecule has 0 saturated carbocycles. The first kappa shape index (κ1) is 13.3. The van der Waals surface area contributed by atoms with Crippen molar-refractivity contribution in [3.05, 3.63) is 40.6 Å². The molecule has 0 aliphatic rings. The molecule has 2 aromatic carbocycles. The molecule has 0 atom stereocenters. The van der Waals surface area contributed by atoms with Gasteiger partial charge in [-0.25, -0.2) is 0 Å². The maximum atomic E-state index is 12.8. The normalized spacial score (nSPS) is 11.0. The number of pyridine rings is 1. The van der Waals surface area contributed by atoms with Gasteiger partial charge in [-0.3, -0.25) is 4.79 Å². The van der Waals surface area contributed by atoms with Crippen LogP contribution in [0.2, 0.25) is 0 Å². The summed E-state index contributed by atoms with van der Waals surface area (Å²) in [6.07, 6.45) is 0. The Hall–Kier alpha value is -2.69. The number of rotatable bonds is 2. The third kappa shape index (κ3) is 1.74. The van der Waals surface area contributed by atoms with Crippen molar-refractivity contribution in [1.82, 2.24) is 4.57 Å². The predicted octanol–water partition coefficient (Wildman–Crippen LogP) is 2.41. The Kier molecular flexibility index (Phi) is 2.97. The van der Waals surface area contributed by atoms with Crippen molar-refractivity contribution >= 4 is 21.8 Å². The van der Waals surface area contributed by atoms with Gasteiger partial charge in [0.05, 0.1) is 30.6 Å². The summed E-state index contributed by atoms with van der Waals surface area (Å²) in [7, 11) is 4.72. The zero-order valence-electron chi connectivity index (χ0n) is 12.0. The summed E-state index contributed by atoms with van der Waals surface area (Å²) < 4.78 is 12.3. The van der Waals surface area contributed by atoms with Crippen LogP contribution in [0.5, 0.6) is 17.2 Å². The number of hydrogen-bond donors (Lipinski definition) is 1. The Bertz CT molecular complexity index is 912. The predicted molar refractivity (Wildman–Crippen MR) is 81.5 cm³/mol. The summed E-state index contributed by atoms with van der Waals surface area (Å²) in [6, 6.07) is 8.85. The molecule has 3 aromatic rings. The number of aryl methyl sites for hydroxylation is 1. The van der Waals surface area contributed by atoms with Crippen molar-refractivity contribution < 1.29 is 14.6 Å². The molecule has 0 bridgehead atoms. The van der Waals surface area contributed by atoms with Crippen LogP contribution in [-0.2, 0) is 7.05 Å². The van der Waals surface area contributed by atoms with Gasteiger partial charge in [-0.05, 0) is 12.1 Å². The fourth-order valence-corrected chi connectivity index (χ4v) is 2.71. The zero-order valence-corrected chi connectivity index (χ0v) is 12.0. The van der Waals surface area contributed by atoms with Gasteiger partial charge in [-0.1, -0.05) is 12.1 Å². The fraction of sp³-hybridized carbons (Fsp3) is 0.188. The SMILES string of the molecule is COc1c(O)cc2c(c1OC)c(=O)c1ccccc1n2C. The standard InChI is InChI=1S/C16H15NO4/c1-17-10-7-5-4-6-9(10)14(19)13-11(17)8-12(18)15(20-2)16(13)21-3/h4-8,18H,1-3H3. The van der Waals surface area contributed by atoms with E-state index < -0.39 is 0 Å². The van der Waals surface area contributed by atoms with Gasteiger partial charge < -0.3 is 19.1 Å². The number of hydrogen-bond acceptors (Lipinski definition) is 4. The topological polar surface area (TPSA) is 60.7 Å². The van der Waals surface area contributed by atoms with E-state index in [0.717, 1.165) is 5.52 Å². The van der Waals surface area contributed by atoms with Gasteiger partial charge in [0.2, 0.25) is 11.2 Å². The van der Waals surface area contributed by atoms with Gasteiger partial charge in [-0.2, -0.15) is 0 Å². The van der Waals surface area contributed by atoms with E-state index in [1.807, 2.05) is 29.8 Å². The van der Waals surface area contributed by atoms with Crippen LogP contribution < -0.4 is 14.9 Å². The van der Waals surface area contributed by atoms with E-state index >= 15 is 0 Å². The molecule has 0 fully saturated rings. The van der Waals surface area contributed by atoms with Crippen LogP contribution in [-0.4, -0.2) is 23.9 Å². The smallest absolute Gasteiger partial charge is 0.203 e. The Labute approximate surface area is 121 Å². The maximum Gasteiger partial charge on any atom is 0.203 e. The van der Waals surface area contributed by atoms with E-state index in [9.17, 15) is 9.90 Å². The monoisotopic (exact) mass is 285 g/mol. The number of fused-ring (bicyclic) bond motifs is 2. The Morgan fingerprint density at radius 1 is 1.05 bits per heavy atom. The van der Waals surface area contributed by atoms with E-state index in [1.165, 1.54) is 20.3 Å². The molecule has 0 saturated heterocycles. The van der Waals surface area contributed by atoms with Crippen LogP contribution in [0.1, 0.15) is 0 Å². The lowest BCUT2D eigenvalue weighted by Crippen LogP contribution is -2.11. The molecule has 0 unspecified atom stereocenters. The molecule has 0 amide bonds. The van der Waals surface area contributed by atoms with E-state index in [2.05, 4.69) is 0 Å². The average Bonchev–Trinajstić information content (AvgIpc) is 2.51. The first-order valence-electron chi connectivity index (χ1n) is 6.45. The highest BCUT2D eigenvalue weighted by Gasteiger charge is 2.20. The Morgan fingerprint density at radius 3 is 2.38 bits per heavy atom. The third-order valence-corrected chi connectivity index (χ3v) is 3.70. The van der Waals surface area contributed by atoms with Crippen LogP contribution in [0.25, 0.3) is 21.8 Å². The van der Waals surface area contributed by atoms with Crippen molar-refractivity contribution in [3.8, 4) is 17.2 Å². The van der Waals surface area contributed by atoms with Crippen molar-refractivity contribution in [2.75, 3.05) is 14.2 Å². The lowest BCUT2D eigenvalue weighted by atomic mass is 10.1. The maximum absolute atomic E-state index is 12.8. The molecule has 1 aromatic heterocycles. The van der Waals surface area contributed by atoms with Crippen molar-refractivity contribution in [2.24, 2.45) is 7.05 Å². The highest BCUT2D eigenvalue weighted by molar-refractivity contribution is 5.99. The van der Waals surface area contributed by atoms with Crippen LogP contribution in [0.4, 0.5) is 0 Å². The van der Waals surface area contributed by atoms with E-state index in [4.69, 9.17) is 9.47 Å².